The van der Waals surface area contributed by atoms with E-state index in [1.165, 1.54) is 0 Å². The minimum absolute atomic E-state index is 3.02. The van der Waals surface area contributed by atoms with Gasteiger partial charge in [0.05, 0.1) is 0 Å². The van der Waals surface area contributed by atoms with Crippen molar-refractivity contribution < 1.29 is 0 Å². The molecule has 0 aromatic carbocycles. The number of hydrogen-bond donors (Lipinski definition) is 5. The Labute approximate surface area is 60.5 Å². The maximum absolute atomic E-state index is 3.92. The van der Waals surface area contributed by atoms with Crippen LogP contribution in [-0.2, 0) is 0 Å². The Morgan fingerprint density at radius 1 is 0.667 bits per heavy atom. The molecule has 0 aromatic heterocycles. The second-order valence-electron chi connectivity index (χ2n) is 0.894. The molecule has 0 rings (SSSR count). The predicted molar refractivity (Wildman–Crippen MR) is 50.7 cm³/mol. The van der Waals surface area contributed by atoms with Crippen molar-refractivity contribution in [1.82, 2.24) is 0 Å². The van der Waals surface area contributed by atoms with Crippen molar-refractivity contribution in [3.05, 3.63) is 0 Å². The zero-order chi connectivity index (χ0) is 5.45. The van der Waals surface area contributed by atoms with Gasteiger partial charge in [0.1, 0.15) is 0 Å². The second-order valence-corrected chi connectivity index (χ2v) is 41.8. The molecule has 0 atom stereocenters. The third-order valence-electron chi connectivity index (χ3n) is 0. The van der Waals surface area contributed by atoms with E-state index in [9.17, 15) is 0 Å². The fourth-order valence-corrected chi connectivity index (χ4v) is 0. The van der Waals surface area contributed by atoms with Crippen molar-refractivity contribution in [1.29, 1.82) is 0 Å². The molecule has 0 amide bonds. The Balaban J connectivity index is 3.73. The van der Waals surface area contributed by atoms with E-state index in [1.807, 2.05) is 0 Å². The zero-order valence-electron chi connectivity index (χ0n) is 2.68. The molecule has 0 bridgehead atoms. The molecule has 0 radical (unpaired) electrons. The van der Waals surface area contributed by atoms with Crippen LogP contribution in [0.1, 0.15) is 0 Å². The van der Waals surface area contributed by atoms with Gasteiger partial charge >= 0.3 is 61.1 Å². The van der Waals surface area contributed by atoms with E-state index in [0.29, 0.717) is 0 Å². The van der Waals surface area contributed by atoms with Gasteiger partial charge in [-0.1, -0.05) is 0 Å². The Hall–Kier alpha value is 2.31. The molecule has 0 aliphatic carbocycles. The molecular weight excluding hydrogens is 235 g/mol. The van der Waals surface area contributed by atoms with Gasteiger partial charge in [-0.15, -0.1) is 0 Å². The van der Waals surface area contributed by atoms with Crippen molar-refractivity contribution >= 4 is 61.1 Å². The van der Waals surface area contributed by atoms with Gasteiger partial charge in [-0.05, 0) is 0 Å². The minimum atomic E-state index is -3.02. The quantitative estimate of drug-likeness (QED) is 0.308. The summed E-state index contributed by atoms with van der Waals surface area (Å²) >= 11 is 0. The molecule has 0 heterocycles. The van der Waals surface area contributed by atoms with E-state index in [4.69, 9.17) is 0 Å². The van der Waals surface area contributed by atoms with Crippen molar-refractivity contribution in [3.8, 4) is 0 Å². The Kier molecular flexibility index (Phi) is 2.66. The summed E-state index contributed by atoms with van der Waals surface area (Å²) in [7, 11) is 19.6. The molecule has 0 unspecified atom stereocenters. The fourth-order valence-electron chi connectivity index (χ4n) is 0. The molecule has 40 valence electrons. The van der Waals surface area contributed by atoms with Crippen LogP contribution in [0.15, 0.2) is 0 Å². The molecule has 0 spiro atoms. The van der Waals surface area contributed by atoms with E-state index in [-0.39, 0.29) is 0 Å². The van der Waals surface area contributed by atoms with Crippen LogP contribution in [0.2, 0.25) is 0 Å². The molecule has 6 heavy (non-hydrogen) atoms. The Morgan fingerprint density at radius 3 is 0.667 bits per heavy atom. The first kappa shape index (κ1) is 8.31. The SMILES string of the molecule is S[As](S)(S)(S)S. The maximum atomic E-state index is 3.92. The van der Waals surface area contributed by atoms with Crippen molar-refractivity contribution in [2.45, 2.75) is 0 Å². The summed E-state index contributed by atoms with van der Waals surface area (Å²) in [4.78, 5) is 0. The van der Waals surface area contributed by atoms with Crippen LogP contribution in [0.3, 0.4) is 0 Å². The summed E-state index contributed by atoms with van der Waals surface area (Å²) in [6.45, 7) is -3.02. The summed E-state index contributed by atoms with van der Waals surface area (Å²) in [5, 5.41) is 0. The van der Waals surface area contributed by atoms with Gasteiger partial charge in [-0.3, -0.25) is 0 Å². The molecule has 0 aliphatic rings. The van der Waals surface area contributed by atoms with Gasteiger partial charge < -0.3 is 0 Å². The topological polar surface area (TPSA) is 0 Å². The first-order valence-electron chi connectivity index (χ1n) is 1.000. The Morgan fingerprint density at radius 2 is 0.667 bits per heavy atom. The molecule has 0 saturated heterocycles. The van der Waals surface area contributed by atoms with Gasteiger partial charge in [0.25, 0.3) is 0 Å². The van der Waals surface area contributed by atoms with Gasteiger partial charge in [0.15, 0.2) is 0 Å². The molecule has 0 fully saturated rings. The van der Waals surface area contributed by atoms with Crippen LogP contribution in [-0.4, -0.2) is 6.67 Å². The van der Waals surface area contributed by atoms with Gasteiger partial charge in [-0.2, -0.15) is 0 Å². The molecule has 0 saturated carbocycles. The van der Waals surface area contributed by atoms with Crippen molar-refractivity contribution in [2.75, 3.05) is 0 Å². The van der Waals surface area contributed by atoms with E-state index in [2.05, 4.69) is 54.5 Å². The van der Waals surface area contributed by atoms with Crippen molar-refractivity contribution in [3.63, 3.8) is 0 Å². The van der Waals surface area contributed by atoms with Crippen LogP contribution in [0.25, 0.3) is 0 Å². The van der Waals surface area contributed by atoms with E-state index >= 15 is 0 Å². The first-order chi connectivity index (χ1) is 2.24. The van der Waals surface area contributed by atoms with Gasteiger partial charge in [0.2, 0.25) is 0 Å². The van der Waals surface area contributed by atoms with Crippen LogP contribution in [0.4, 0.5) is 0 Å². The van der Waals surface area contributed by atoms with E-state index in [0.717, 1.165) is 0 Å². The van der Waals surface area contributed by atoms with E-state index < -0.39 is 6.67 Å². The fraction of sp³-hybridized carbons (Fsp3) is 0. The summed E-state index contributed by atoms with van der Waals surface area (Å²) in [6.07, 6.45) is 0. The molecular formula is H5AsS5. The zero-order valence-corrected chi connectivity index (χ0v) is 9.03. The van der Waals surface area contributed by atoms with Gasteiger partial charge in [-0.25, -0.2) is 0 Å². The van der Waals surface area contributed by atoms with Crippen molar-refractivity contribution in [2.24, 2.45) is 0 Å². The van der Waals surface area contributed by atoms with Crippen LogP contribution in [0.5, 0.6) is 0 Å². The molecule has 6 heteroatoms. The van der Waals surface area contributed by atoms with Crippen LogP contribution in [0, 0.1) is 0 Å². The average Bonchev–Trinajstić information content (AvgIpc) is 0.650. The number of rotatable bonds is 0. The third kappa shape index (κ3) is 33.4. The van der Waals surface area contributed by atoms with Crippen LogP contribution >= 0.6 is 54.5 Å². The second kappa shape index (κ2) is 1.92. The molecule has 0 aliphatic heterocycles. The van der Waals surface area contributed by atoms with E-state index in [1.54, 1.807) is 0 Å². The summed E-state index contributed by atoms with van der Waals surface area (Å²) in [5.41, 5.74) is 0. The standard InChI is InChI=1S/AsH5S5/c2-1(3,4,5)6/h2-6H. The van der Waals surface area contributed by atoms with Gasteiger partial charge in [0, 0.05) is 0 Å². The summed E-state index contributed by atoms with van der Waals surface area (Å²) < 4.78 is 0. The average molecular weight is 240 g/mol. The Bertz CT molecular complexity index is 37.1. The normalized spacial score (nSPS) is 19.2. The monoisotopic (exact) mass is 240 g/mol. The molecule has 0 nitrogen and oxygen atoms in total. The summed E-state index contributed by atoms with van der Waals surface area (Å²) in [6, 6.07) is 0. The number of thiol groups is 5. The van der Waals surface area contributed by atoms with Crippen LogP contribution < -0.4 is 0 Å². The predicted octanol–water partition coefficient (Wildman–Crippen LogP) is 1.52. The number of hydrogen-bond acceptors (Lipinski definition) is 5. The molecule has 0 aromatic rings. The first-order valence-corrected chi connectivity index (χ1v) is 15.6. The molecule has 0 N–H and O–H groups in total. The third-order valence-corrected chi connectivity index (χ3v) is 0. The summed E-state index contributed by atoms with van der Waals surface area (Å²) in [5.74, 6) is 0.